The summed E-state index contributed by atoms with van der Waals surface area (Å²) in [5.41, 5.74) is -0.429. The van der Waals surface area contributed by atoms with Gasteiger partial charge in [0.05, 0.1) is 9.82 Å². The number of nitrogens with one attached hydrogen (secondary N) is 1. The molecule has 0 aliphatic carbocycles. The van der Waals surface area contributed by atoms with E-state index in [0.29, 0.717) is 11.6 Å². The Labute approximate surface area is 162 Å². The van der Waals surface area contributed by atoms with E-state index in [4.69, 9.17) is 0 Å². The van der Waals surface area contributed by atoms with E-state index in [1.165, 1.54) is 33.2 Å². The van der Waals surface area contributed by atoms with Gasteiger partial charge in [-0.1, -0.05) is 12.1 Å². The highest BCUT2D eigenvalue weighted by atomic mass is 32.2. The van der Waals surface area contributed by atoms with E-state index < -0.39 is 52.3 Å². The molecule has 0 aromatic heterocycles. The number of nitro benzene ring substituents is 1. The van der Waals surface area contributed by atoms with Gasteiger partial charge >= 0.3 is 0 Å². The molecule has 2 rings (SSSR count). The molecule has 0 fully saturated rings. The molecule has 12 heteroatoms. The lowest BCUT2D eigenvalue weighted by Crippen LogP contribution is -2.28. The van der Waals surface area contributed by atoms with Crippen LogP contribution in [0.5, 0.6) is 0 Å². The summed E-state index contributed by atoms with van der Waals surface area (Å²) in [6.45, 7) is 1.49. The summed E-state index contributed by atoms with van der Waals surface area (Å²) >= 11 is 0. The average molecular weight is 431 g/mol. The second-order valence-electron chi connectivity index (χ2n) is 6.07. The van der Waals surface area contributed by atoms with E-state index in [-0.39, 0.29) is 0 Å². The van der Waals surface area contributed by atoms with Gasteiger partial charge in [-0.2, -0.15) is 0 Å². The summed E-state index contributed by atoms with van der Waals surface area (Å²) in [7, 11) is -5.86. The molecule has 0 saturated heterocycles. The predicted octanol–water partition coefficient (Wildman–Crippen LogP) is 2.02. The van der Waals surface area contributed by atoms with Crippen molar-refractivity contribution in [1.82, 2.24) is 9.03 Å². The van der Waals surface area contributed by atoms with Crippen molar-refractivity contribution in [3.05, 3.63) is 64.0 Å². The Morgan fingerprint density at radius 1 is 1.07 bits per heavy atom. The van der Waals surface area contributed by atoms with Gasteiger partial charge in [-0.25, -0.2) is 30.3 Å². The van der Waals surface area contributed by atoms with Gasteiger partial charge in [-0.05, 0) is 36.8 Å². The highest BCUT2D eigenvalue weighted by Gasteiger charge is 2.30. The van der Waals surface area contributed by atoms with E-state index in [1.54, 1.807) is 0 Å². The zero-order valence-electron chi connectivity index (χ0n) is 15.2. The summed E-state index contributed by atoms with van der Waals surface area (Å²) in [6, 6.07) is 6.82. The molecule has 0 saturated carbocycles. The van der Waals surface area contributed by atoms with Crippen LogP contribution in [0.2, 0.25) is 0 Å². The van der Waals surface area contributed by atoms with Crippen molar-refractivity contribution in [3.8, 4) is 0 Å². The summed E-state index contributed by atoms with van der Waals surface area (Å²) in [5.74, 6) is -0.493. The molecule has 0 spiro atoms. The van der Waals surface area contributed by atoms with Gasteiger partial charge in [0.1, 0.15) is 5.82 Å². The molecule has 0 amide bonds. The van der Waals surface area contributed by atoms with E-state index in [2.05, 4.69) is 4.72 Å². The molecule has 0 radical (unpaired) electrons. The SMILES string of the molecule is CC(NS(=O)(=O)c1ccc(S(=O)(=O)N(C)C)cc1[N+](=O)[O-])c1ccc(F)cc1. The zero-order chi connectivity index (χ0) is 21.3. The molecule has 2 aromatic carbocycles. The molecule has 0 aliphatic rings. The summed E-state index contributed by atoms with van der Waals surface area (Å²) < 4.78 is 65.8. The number of halogens is 1. The fraction of sp³-hybridized carbons (Fsp3) is 0.250. The number of sulfonamides is 2. The van der Waals surface area contributed by atoms with Crippen LogP contribution in [0.15, 0.2) is 52.3 Å². The van der Waals surface area contributed by atoms with Gasteiger partial charge in [0.15, 0.2) is 4.90 Å². The van der Waals surface area contributed by atoms with Crippen molar-refractivity contribution in [3.63, 3.8) is 0 Å². The summed E-state index contributed by atoms with van der Waals surface area (Å²) in [5, 5.41) is 11.4. The molecule has 0 aliphatic heterocycles. The van der Waals surface area contributed by atoms with Crippen molar-refractivity contribution >= 4 is 25.7 Å². The number of hydrogen-bond donors (Lipinski definition) is 1. The van der Waals surface area contributed by atoms with Crippen LogP contribution in [-0.2, 0) is 20.0 Å². The fourth-order valence-electron chi connectivity index (χ4n) is 2.35. The minimum Gasteiger partial charge on any atom is -0.258 e. The number of rotatable bonds is 7. The maximum atomic E-state index is 13.0. The van der Waals surface area contributed by atoms with Crippen molar-refractivity contribution in [2.75, 3.05) is 14.1 Å². The van der Waals surface area contributed by atoms with Crippen LogP contribution in [-0.4, -0.2) is 40.2 Å². The Balaban J connectivity index is 2.47. The highest BCUT2D eigenvalue weighted by Crippen LogP contribution is 2.29. The first-order chi connectivity index (χ1) is 12.9. The standard InChI is InChI=1S/C16H18FN3O6S2/c1-11(12-4-6-13(17)7-5-12)18-27(23,24)16-9-8-14(10-15(16)20(21)22)28(25,26)19(2)3/h4-11,18H,1-3H3. The van der Waals surface area contributed by atoms with E-state index >= 15 is 0 Å². The van der Waals surface area contributed by atoms with Crippen LogP contribution in [0.25, 0.3) is 0 Å². The maximum Gasteiger partial charge on any atom is 0.290 e. The quantitative estimate of drug-likeness (QED) is 0.528. The molecule has 1 atom stereocenters. The molecule has 1 N–H and O–H groups in total. The lowest BCUT2D eigenvalue weighted by Gasteiger charge is -2.16. The van der Waals surface area contributed by atoms with Crippen LogP contribution >= 0.6 is 0 Å². The third-order valence-electron chi connectivity index (χ3n) is 3.90. The fourth-order valence-corrected chi connectivity index (χ4v) is 4.66. The normalized spacial score (nSPS) is 13.5. The maximum absolute atomic E-state index is 13.0. The topological polar surface area (TPSA) is 127 Å². The largest absolute Gasteiger partial charge is 0.290 e. The van der Waals surface area contributed by atoms with Crippen LogP contribution < -0.4 is 4.72 Å². The second-order valence-corrected chi connectivity index (χ2v) is 9.90. The van der Waals surface area contributed by atoms with Crippen LogP contribution in [0.4, 0.5) is 10.1 Å². The minimum absolute atomic E-state index is 0.408. The number of nitrogens with zero attached hydrogens (tertiary/aromatic N) is 2. The smallest absolute Gasteiger partial charge is 0.258 e. The third-order valence-corrected chi connectivity index (χ3v) is 7.30. The second kappa shape index (κ2) is 7.91. The monoisotopic (exact) mass is 431 g/mol. The predicted molar refractivity (Wildman–Crippen MR) is 99.1 cm³/mol. The lowest BCUT2D eigenvalue weighted by atomic mass is 10.1. The van der Waals surface area contributed by atoms with Gasteiger partial charge in [0, 0.05) is 26.2 Å². The van der Waals surface area contributed by atoms with Crippen LogP contribution in [0, 0.1) is 15.9 Å². The van der Waals surface area contributed by atoms with E-state index in [0.717, 1.165) is 28.6 Å². The molecule has 152 valence electrons. The Morgan fingerprint density at radius 2 is 1.64 bits per heavy atom. The Hall–Kier alpha value is -2.41. The molecule has 2 aromatic rings. The Kier molecular flexibility index (Phi) is 6.18. The van der Waals surface area contributed by atoms with Gasteiger partial charge in [0.25, 0.3) is 5.69 Å². The summed E-state index contributed by atoms with van der Waals surface area (Å²) in [4.78, 5) is 9.32. The molecular formula is C16H18FN3O6S2. The Morgan fingerprint density at radius 3 is 2.14 bits per heavy atom. The van der Waals surface area contributed by atoms with Crippen LogP contribution in [0.3, 0.4) is 0 Å². The minimum atomic E-state index is -4.37. The van der Waals surface area contributed by atoms with E-state index in [1.807, 2.05) is 0 Å². The first-order valence-electron chi connectivity index (χ1n) is 7.85. The average Bonchev–Trinajstić information content (AvgIpc) is 2.61. The first-order valence-corrected chi connectivity index (χ1v) is 10.8. The number of benzene rings is 2. The van der Waals surface area contributed by atoms with E-state index in [9.17, 15) is 31.3 Å². The molecule has 9 nitrogen and oxygen atoms in total. The van der Waals surface area contributed by atoms with Gasteiger partial charge < -0.3 is 0 Å². The molecule has 1 unspecified atom stereocenters. The number of hydrogen-bond acceptors (Lipinski definition) is 6. The van der Waals surface area contributed by atoms with Gasteiger partial charge in [-0.15, -0.1) is 0 Å². The first kappa shape index (κ1) is 21.9. The molecule has 0 bridgehead atoms. The van der Waals surface area contributed by atoms with Gasteiger partial charge in [-0.3, -0.25) is 10.1 Å². The zero-order valence-corrected chi connectivity index (χ0v) is 16.8. The molecule has 28 heavy (non-hydrogen) atoms. The molecule has 0 heterocycles. The van der Waals surface area contributed by atoms with Crippen molar-refractivity contribution < 1.29 is 26.1 Å². The number of nitro groups is 1. The Bertz CT molecular complexity index is 1100. The lowest BCUT2D eigenvalue weighted by molar-refractivity contribution is -0.388. The molecular weight excluding hydrogens is 413 g/mol. The third kappa shape index (κ3) is 4.52. The van der Waals surface area contributed by atoms with Crippen molar-refractivity contribution in [2.45, 2.75) is 22.8 Å². The van der Waals surface area contributed by atoms with Crippen LogP contribution in [0.1, 0.15) is 18.5 Å². The highest BCUT2D eigenvalue weighted by molar-refractivity contribution is 7.90. The summed E-state index contributed by atoms with van der Waals surface area (Å²) in [6.07, 6.45) is 0. The van der Waals surface area contributed by atoms with Crippen molar-refractivity contribution in [2.24, 2.45) is 0 Å². The van der Waals surface area contributed by atoms with Gasteiger partial charge in [0.2, 0.25) is 20.0 Å². The van der Waals surface area contributed by atoms with Crippen molar-refractivity contribution in [1.29, 1.82) is 0 Å².